The van der Waals surface area contributed by atoms with E-state index in [2.05, 4.69) is 10.3 Å². The van der Waals surface area contributed by atoms with Gasteiger partial charge in [-0.2, -0.15) is 4.98 Å². The number of ether oxygens (including phenoxy) is 1. The number of nitrogens with zero attached hydrogens (tertiary/aromatic N) is 1. The molecule has 1 heterocycles. The zero-order valence-corrected chi connectivity index (χ0v) is 11.7. The highest BCUT2D eigenvalue weighted by molar-refractivity contribution is 5.54. The predicted octanol–water partition coefficient (Wildman–Crippen LogP) is 0.854. The number of hydrogen-bond donors (Lipinski definition) is 4. The summed E-state index contributed by atoms with van der Waals surface area (Å²) in [4.78, 5) is 4.24. The molecule has 1 aromatic heterocycles. The van der Waals surface area contributed by atoms with Gasteiger partial charge in [0.15, 0.2) is 0 Å². The van der Waals surface area contributed by atoms with Crippen LogP contribution in [0, 0.1) is 5.92 Å². The maximum atomic E-state index is 9.24. The molecule has 0 spiro atoms. The van der Waals surface area contributed by atoms with Crippen LogP contribution in [0.25, 0.3) is 0 Å². The number of nitrogen functional groups attached to an aromatic ring is 1. The van der Waals surface area contributed by atoms with Gasteiger partial charge in [0.1, 0.15) is 5.82 Å². The lowest BCUT2D eigenvalue weighted by atomic mass is 10.1. The zero-order valence-electron chi connectivity index (χ0n) is 11.7. The average Bonchev–Trinajstić information content (AvgIpc) is 2.39. The Kier molecular flexibility index (Phi) is 5.38. The molecule has 0 aliphatic heterocycles. The van der Waals surface area contributed by atoms with Gasteiger partial charge in [-0.05, 0) is 25.0 Å². The fourth-order valence-corrected chi connectivity index (χ4v) is 1.32. The van der Waals surface area contributed by atoms with Gasteiger partial charge in [-0.15, -0.1) is 0 Å². The van der Waals surface area contributed by atoms with E-state index in [0.29, 0.717) is 29.9 Å². The Morgan fingerprint density at radius 2 is 2.00 bits per heavy atom. The molecular formula is C13H23N3O3. The van der Waals surface area contributed by atoms with Gasteiger partial charge in [0.25, 0.3) is 0 Å². The Bertz CT molecular complexity index is 406. The second kappa shape index (κ2) is 6.58. The fraction of sp³-hybridized carbons (Fsp3) is 0.615. The van der Waals surface area contributed by atoms with E-state index in [-0.39, 0.29) is 13.2 Å². The highest BCUT2D eigenvalue weighted by Crippen LogP contribution is 2.23. The van der Waals surface area contributed by atoms with E-state index in [4.69, 9.17) is 10.5 Å². The standard InChI is InChI=1S/C13H23N3O3/c1-9(2)6-19-12-10(14)4-5-11(15-12)16-13(3,7-17)8-18/h4-5,9,17-18H,6-8,14H2,1-3H3,(H,15,16). The lowest BCUT2D eigenvalue weighted by Crippen LogP contribution is -2.42. The highest BCUT2D eigenvalue weighted by atomic mass is 16.5. The second-order valence-electron chi connectivity index (χ2n) is 5.30. The van der Waals surface area contributed by atoms with Crippen LogP contribution in [-0.2, 0) is 0 Å². The zero-order chi connectivity index (χ0) is 14.5. The van der Waals surface area contributed by atoms with Gasteiger partial charge in [0, 0.05) is 0 Å². The lowest BCUT2D eigenvalue weighted by Gasteiger charge is -2.27. The second-order valence-corrected chi connectivity index (χ2v) is 5.30. The topological polar surface area (TPSA) is 101 Å². The largest absolute Gasteiger partial charge is 0.476 e. The van der Waals surface area contributed by atoms with Crippen molar-refractivity contribution in [1.82, 2.24) is 4.98 Å². The third-order valence-electron chi connectivity index (χ3n) is 2.57. The molecule has 0 saturated carbocycles. The summed E-state index contributed by atoms with van der Waals surface area (Å²) in [5.74, 6) is 1.23. The number of hydrogen-bond acceptors (Lipinski definition) is 6. The molecule has 0 atom stereocenters. The summed E-state index contributed by atoms with van der Waals surface area (Å²) >= 11 is 0. The van der Waals surface area contributed by atoms with Crippen molar-refractivity contribution in [1.29, 1.82) is 0 Å². The van der Waals surface area contributed by atoms with Crippen molar-refractivity contribution in [3.8, 4) is 5.88 Å². The van der Waals surface area contributed by atoms with Crippen LogP contribution < -0.4 is 15.8 Å². The minimum Gasteiger partial charge on any atom is -0.476 e. The third-order valence-corrected chi connectivity index (χ3v) is 2.57. The Hall–Kier alpha value is -1.53. The van der Waals surface area contributed by atoms with E-state index in [0.717, 1.165) is 0 Å². The number of nitrogens with one attached hydrogen (secondary N) is 1. The molecule has 6 heteroatoms. The minimum atomic E-state index is -0.835. The Labute approximate surface area is 113 Å². The Balaban J connectivity index is 2.83. The van der Waals surface area contributed by atoms with Crippen molar-refractivity contribution >= 4 is 11.5 Å². The van der Waals surface area contributed by atoms with E-state index in [9.17, 15) is 10.2 Å². The molecule has 0 unspecified atom stereocenters. The number of aliphatic hydroxyl groups excluding tert-OH is 2. The van der Waals surface area contributed by atoms with Crippen molar-refractivity contribution in [2.45, 2.75) is 26.3 Å². The Morgan fingerprint density at radius 3 is 2.53 bits per heavy atom. The minimum absolute atomic E-state index is 0.211. The molecule has 6 nitrogen and oxygen atoms in total. The Morgan fingerprint density at radius 1 is 1.37 bits per heavy atom. The summed E-state index contributed by atoms with van der Waals surface area (Å²) in [6.07, 6.45) is 0. The number of aromatic nitrogens is 1. The van der Waals surface area contributed by atoms with E-state index < -0.39 is 5.54 Å². The van der Waals surface area contributed by atoms with Crippen LogP contribution in [0.15, 0.2) is 12.1 Å². The predicted molar refractivity (Wildman–Crippen MR) is 75.2 cm³/mol. The molecular weight excluding hydrogens is 246 g/mol. The van der Waals surface area contributed by atoms with Crippen LogP contribution >= 0.6 is 0 Å². The fourth-order valence-electron chi connectivity index (χ4n) is 1.32. The van der Waals surface area contributed by atoms with Gasteiger partial charge in [-0.25, -0.2) is 0 Å². The van der Waals surface area contributed by atoms with Gasteiger partial charge >= 0.3 is 0 Å². The average molecular weight is 269 g/mol. The summed E-state index contributed by atoms with van der Waals surface area (Å²) in [7, 11) is 0. The van der Waals surface area contributed by atoms with Gasteiger partial charge < -0.3 is 26.0 Å². The molecule has 0 aromatic carbocycles. The van der Waals surface area contributed by atoms with Crippen LogP contribution in [-0.4, -0.2) is 40.6 Å². The molecule has 0 saturated heterocycles. The maximum absolute atomic E-state index is 9.24. The number of pyridine rings is 1. The summed E-state index contributed by atoms with van der Waals surface area (Å²) in [6.45, 7) is 5.87. The SMILES string of the molecule is CC(C)COc1nc(NC(C)(CO)CO)ccc1N. The lowest BCUT2D eigenvalue weighted by molar-refractivity contribution is 0.147. The van der Waals surface area contributed by atoms with Crippen molar-refractivity contribution in [2.24, 2.45) is 5.92 Å². The molecule has 0 radical (unpaired) electrons. The van der Waals surface area contributed by atoms with E-state index >= 15 is 0 Å². The van der Waals surface area contributed by atoms with Crippen LogP contribution in [0.3, 0.4) is 0 Å². The van der Waals surface area contributed by atoms with Crippen LogP contribution in [0.2, 0.25) is 0 Å². The summed E-state index contributed by atoms with van der Waals surface area (Å²) in [5, 5.41) is 21.4. The van der Waals surface area contributed by atoms with Gasteiger partial charge in [0.2, 0.25) is 5.88 Å². The quantitative estimate of drug-likeness (QED) is 0.585. The van der Waals surface area contributed by atoms with Gasteiger partial charge in [-0.3, -0.25) is 0 Å². The summed E-state index contributed by atoms with van der Waals surface area (Å²) in [6, 6.07) is 3.36. The van der Waals surface area contributed by atoms with E-state index in [1.54, 1.807) is 19.1 Å². The van der Waals surface area contributed by atoms with E-state index in [1.165, 1.54) is 0 Å². The van der Waals surface area contributed by atoms with Crippen molar-refractivity contribution in [3.63, 3.8) is 0 Å². The molecule has 0 aliphatic carbocycles. The van der Waals surface area contributed by atoms with Crippen molar-refractivity contribution < 1.29 is 14.9 Å². The molecule has 1 rings (SSSR count). The first-order valence-electron chi connectivity index (χ1n) is 6.29. The first-order chi connectivity index (χ1) is 8.90. The number of anilines is 2. The maximum Gasteiger partial charge on any atom is 0.239 e. The smallest absolute Gasteiger partial charge is 0.239 e. The highest BCUT2D eigenvalue weighted by Gasteiger charge is 2.22. The molecule has 5 N–H and O–H groups in total. The van der Waals surface area contributed by atoms with Crippen LogP contribution in [0.4, 0.5) is 11.5 Å². The van der Waals surface area contributed by atoms with Crippen molar-refractivity contribution in [2.75, 3.05) is 30.9 Å². The monoisotopic (exact) mass is 269 g/mol. The van der Waals surface area contributed by atoms with Crippen LogP contribution in [0.1, 0.15) is 20.8 Å². The first-order valence-corrected chi connectivity index (χ1v) is 6.29. The molecule has 1 aromatic rings. The first kappa shape index (κ1) is 15.5. The number of aliphatic hydroxyl groups is 2. The molecule has 0 bridgehead atoms. The number of nitrogens with two attached hydrogens (primary N) is 1. The normalized spacial score (nSPS) is 11.7. The van der Waals surface area contributed by atoms with E-state index in [1.807, 2.05) is 13.8 Å². The van der Waals surface area contributed by atoms with Gasteiger partial charge in [0.05, 0.1) is 31.0 Å². The molecule has 0 amide bonds. The molecule has 0 fully saturated rings. The molecule has 108 valence electrons. The molecule has 0 aliphatic rings. The number of rotatable bonds is 7. The molecule has 19 heavy (non-hydrogen) atoms. The summed E-state index contributed by atoms with van der Waals surface area (Å²) in [5.41, 5.74) is 5.41. The van der Waals surface area contributed by atoms with Crippen molar-refractivity contribution in [3.05, 3.63) is 12.1 Å². The summed E-state index contributed by atoms with van der Waals surface area (Å²) < 4.78 is 5.52. The van der Waals surface area contributed by atoms with Gasteiger partial charge in [-0.1, -0.05) is 13.8 Å². The van der Waals surface area contributed by atoms with Crippen LogP contribution in [0.5, 0.6) is 5.88 Å². The third kappa shape index (κ3) is 4.57.